The lowest BCUT2D eigenvalue weighted by Crippen LogP contribution is -1.76. The number of rotatable bonds is 1. The van der Waals surface area contributed by atoms with Gasteiger partial charge < -0.3 is 0 Å². The molecule has 0 fully saturated rings. The van der Waals surface area contributed by atoms with Crippen molar-refractivity contribution in [1.29, 1.82) is 0 Å². The highest BCUT2D eigenvalue weighted by molar-refractivity contribution is 6.30. The van der Waals surface area contributed by atoms with Crippen molar-refractivity contribution >= 4 is 11.6 Å². The first-order valence-corrected chi connectivity index (χ1v) is 3.91. The Morgan fingerprint density at radius 2 is 2.33 bits per heavy atom. The van der Waals surface area contributed by atoms with Crippen molar-refractivity contribution in [3.8, 4) is 11.3 Å². The molecule has 1 radical (unpaired) electrons. The van der Waals surface area contributed by atoms with Crippen LogP contribution in [-0.4, -0.2) is 10.2 Å². The van der Waals surface area contributed by atoms with Crippen LogP contribution in [0, 0.1) is 6.07 Å². The molecule has 2 rings (SSSR count). The third kappa shape index (κ3) is 1.34. The molecule has 1 aromatic heterocycles. The van der Waals surface area contributed by atoms with Crippen LogP contribution in [0.15, 0.2) is 30.5 Å². The van der Waals surface area contributed by atoms with Gasteiger partial charge in [-0.3, -0.25) is 5.10 Å². The summed E-state index contributed by atoms with van der Waals surface area (Å²) < 4.78 is 0. The van der Waals surface area contributed by atoms with Gasteiger partial charge in [-0.25, -0.2) is 0 Å². The highest BCUT2D eigenvalue weighted by atomic mass is 35.5. The van der Waals surface area contributed by atoms with Crippen LogP contribution < -0.4 is 0 Å². The molecule has 0 bridgehead atoms. The number of aromatic nitrogens is 2. The average Bonchev–Trinajstić information content (AvgIpc) is 2.56. The van der Waals surface area contributed by atoms with E-state index in [1.807, 2.05) is 24.3 Å². The maximum absolute atomic E-state index is 5.81. The van der Waals surface area contributed by atoms with Crippen LogP contribution in [-0.2, 0) is 0 Å². The highest BCUT2D eigenvalue weighted by Crippen LogP contribution is 2.19. The molecule has 0 amide bonds. The fourth-order valence-electron chi connectivity index (χ4n) is 1.01. The SMILES string of the molecule is Clc1cccc(-c2[c]c[nH]n2)c1. The van der Waals surface area contributed by atoms with Crippen LogP contribution in [0.5, 0.6) is 0 Å². The fraction of sp³-hybridized carbons (Fsp3) is 0. The van der Waals surface area contributed by atoms with Gasteiger partial charge in [0.2, 0.25) is 0 Å². The van der Waals surface area contributed by atoms with Crippen LogP contribution >= 0.6 is 11.6 Å². The van der Waals surface area contributed by atoms with Crippen LogP contribution in [0.1, 0.15) is 0 Å². The molecular weight excluding hydrogens is 172 g/mol. The Balaban J connectivity index is 2.48. The van der Waals surface area contributed by atoms with Gasteiger partial charge in [0.1, 0.15) is 5.69 Å². The summed E-state index contributed by atoms with van der Waals surface area (Å²) in [7, 11) is 0. The highest BCUT2D eigenvalue weighted by Gasteiger charge is 1.98. The monoisotopic (exact) mass is 177 g/mol. The van der Waals surface area contributed by atoms with Gasteiger partial charge in [0.05, 0.1) is 0 Å². The molecule has 0 saturated heterocycles. The zero-order chi connectivity index (χ0) is 8.39. The van der Waals surface area contributed by atoms with E-state index >= 15 is 0 Å². The van der Waals surface area contributed by atoms with Gasteiger partial charge in [0, 0.05) is 22.8 Å². The van der Waals surface area contributed by atoms with E-state index in [0.29, 0.717) is 5.02 Å². The van der Waals surface area contributed by atoms with Gasteiger partial charge in [0.25, 0.3) is 0 Å². The number of nitrogens with zero attached hydrogens (tertiary/aromatic N) is 1. The summed E-state index contributed by atoms with van der Waals surface area (Å²) in [6, 6.07) is 10.5. The zero-order valence-electron chi connectivity index (χ0n) is 6.21. The minimum Gasteiger partial charge on any atom is -0.284 e. The average molecular weight is 178 g/mol. The van der Waals surface area contributed by atoms with Crippen molar-refractivity contribution in [1.82, 2.24) is 10.2 Å². The number of aromatic amines is 1. The normalized spacial score (nSPS) is 10.1. The van der Waals surface area contributed by atoms with Crippen LogP contribution in [0.2, 0.25) is 5.02 Å². The lowest BCUT2D eigenvalue weighted by molar-refractivity contribution is 1.10. The molecular formula is C9H6ClN2. The number of benzene rings is 1. The molecule has 2 nitrogen and oxygen atoms in total. The first kappa shape index (κ1) is 7.37. The van der Waals surface area contributed by atoms with E-state index in [-0.39, 0.29) is 0 Å². The predicted molar refractivity (Wildman–Crippen MR) is 47.9 cm³/mol. The quantitative estimate of drug-likeness (QED) is 0.713. The van der Waals surface area contributed by atoms with E-state index in [1.165, 1.54) is 0 Å². The summed E-state index contributed by atoms with van der Waals surface area (Å²) in [6.45, 7) is 0. The molecule has 12 heavy (non-hydrogen) atoms. The van der Waals surface area contributed by atoms with Gasteiger partial charge in [-0.05, 0) is 12.1 Å². The third-order valence-corrected chi connectivity index (χ3v) is 1.78. The Labute approximate surface area is 75.2 Å². The molecule has 0 aliphatic rings. The first-order valence-electron chi connectivity index (χ1n) is 3.53. The lowest BCUT2D eigenvalue weighted by Gasteiger charge is -1.94. The van der Waals surface area contributed by atoms with Gasteiger partial charge in [-0.2, -0.15) is 5.10 Å². The molecule has 2 aromatic rings. The fourth-order valence-corrected chi connectivity index (χ4v) is 1.20. The largest absolute Gasteiger partial charge is 0.284 e. The van der Waals surface area contributed by atoms with Crippen LogP contribution in [0.25, 0.3) is 11.3 Å². The van der Waals surface area contributed by atoms with E-state index in [1.54, 1.807) is 6.20 Å². The second-order valence-corrected chi connectivity index (χ2v) is 2.82. The summed E-state index contributed by atoms with van der Waals surface area (Å²) >= 11 is 5.81. The molecule has 1 N–H and O–H groups in total. The van der Waals surface area contributed by atoms with Gasteiger partial charge in [0.15, 0.2) is 0 Å². The molecule has 0 saturated carbocycles. The summed E-state index contributed by atoms with van der Waals surface area (Å²) in [4.78, 5) is 0. The minimum atomic E-state index is 0.712. The Morgan fingerprint density at radius 3 is 3.00 bits per heavy atom. The molecule has 3 heteroatoms. The Hall–Kier alpha value is -1.28. The van der Waals surface area contributed by atoms with Crippen molar-refractivity contribution in [2.45, 2.75) is 0 Å². The molecule has 1 aromatic carbocycles. The molecule has 0 unspecified atom stereocenters. The van der Waals surface area contributed by atoms with Crippen LogP contribution in [0.3, 0.4) is 0 Å². The van der Waals surface area contributed by atoms with E-state index in [0.717, 1.165) is 11.3 Å². The molecule has 0 aliphatic heterocycles. The molecule has 0 spiro atoms. The van der Waals surface area contributed by atoms with E-state index < -0.39 is 0 Å². The van der Waals surface area contributed by atoms with Crippen molar-refractivity contribution in [3.05, 3.63) is 41.6 Å². The molecule has 59 valence electrons. The van der Waals surface area contributed by atoms with Gasteiger partial charge in [-0.15, -0.1) is 0 Å². The van der Waals surface area contributed by atoms with Crippen molar-refractivity contribution in [3.63, 3.8) is 0 Å². The van der Waals surface area contributed by atoms with Crippen molar-refractivity contribution < 1.29 is 0 Å². The van der Waals surface area contributed by atoms with Crippen molar-refractivity contribution in [2.24, 2.45) is 0 Å². The predicted octanol–water partition coefficient (Wildman–Crippen LogP) is 2.53. The van der Waals surface area contributed by atoms with Gasteiger partial charge >= 0.3 is 0 Å². The number of H-pyrrole nitrogens is 1. The van der Waals surface area contributed by atoms with E-state index in [9.17, 15) is 0 Å². The Kier molecular flexibility index (Phi) is 1.84. The minimum absolute atomic E-state index is 0.712. The smallest absolute Gasteiger partial charge is 0.100 e. The Morgan fingerprint density at radius 1 is 1.42 bits per heavy atom. The number of hydrogen-bond donors (Lipinski definition) is 1. The van der Waals surface area contributed by atoms with E-state index in [4.69, 9.17) is 11.6 Å². The lowest BCUT2D eigenvalue weighted by atomic mass is 10.2. The third-order valence-electron chi connectivity index (χ3n) is 1.55. The molecule has 0 aliphatic carbocycles. The van der Waals surface area contributed by atoms with Crippen LogP contribution in [0.4, 0.5) is 0 Å². The summed E-state index contributed by atoms with van der Waals surface area (Å²) in [5, 5.41) is 7.40. The standard InChI is InChI=1S/C9H6ClN2/c10-8-3-1-2-7(6-8)9-4-5-11-12-9/h1-3,5-6H,(H,11,12). The molecule has 0 atom stereocenters. The zero-order valence-corrected chi connectivity index (χ0v) is 6.97. The topological polar surface area (TPSA) is 28.7 Å². The second kappa shape index (κ2) is 2.99. The maximum atomic E-state index is 5.81. The van der Waals surface area contributed by atoms with Crippen molar-refractivity contribution in [2.75, 3.05) is 0 Å². The summed E-state index contributed by atoms with van der Waals surface area (Å²) in [5.41, 5.74) is 1.77. The summed E-state index contributed by atoms with van der Waals surface area (Å²) in [5.74, 6) is 0. The summed E-state index contributed by atoms with van der Waals surface area (Å²) in [6.07, 6.45) is 1.66. The number of hydrogen-bond acceptors (Lipinski definition) is 1. The maximum Gasteiger partial charge on any atom is 0.100 e. The number of nitrogens with one attached hydrogen (secondary N) is 1. The second-order valence-electron chi connectivity index (χ2n) is 2.39. The number of halogens is 1. The Bertz CT molecular complexity index is 368. The molecule has 1 heterocycles. The first-order chi connectivity index (χ1) is 5.86. The van der Waals surface area contributed by atoms with E-state index in [2.05, 4.69) is 16.3 Å². The van der Waals surface area contributed by atoms with Gasteiger partial charge in [-0.1, -0.05) is 23.7 Å².